The molecule has 6 nitrogen and oxygen atoms in total. The van der Waals surface area contributed by atoms with Crippen molar-refractivity contribution in [2.45, 2.75) is 6.54 Å². The maximum absolute atomic E-state index is 11.9. The van der Waals surface area contributed by atoms with Gasteiger partial charge in [0.1, 0.15) is 4.88 Å². The van der Waals surface area contributed by atoms with Crippen molar-refractivity contribution < 1.29 is 9.53 Å². The summed E-state index contributed by atoms with van der Waals surface area (Å²) in [6, 6.07) is 5.57. The molecule has 1 aromatic carbocycles. The normalized spacial score (nSPS) is 15.7. The Morgan fingerprint density at radius 3 is 2.91 bits per heavy atom. The van der Waals surface area contributed by atoms with Crippen LogP contribution in [0.5, 0.6) is 0 Å². The largest absolute Gasteiger partial charge is 0.379 e. The van der Waals surface area contributed by atoms with Gasteiger partial charge < -0.3 is 10.1 Å². The summed E-state index contributed by atoms with van der Waals surface area (Å²) in [5.74, 6) is -0.230. The molecule has 2 aromatic rings. The van der Waals surface area contributed by atoms with E-state index in [0.29, 0.717) is 15.6 Å². The zero-order valence-electron chi connectivity index (χ0n) is 11.8. The number of nitrogens with one attached hydrogen (secondary N) is 1. The first-order valence-electron chi connectivity index (χ1n) is 6.89. The van der Waals surface area contributed by atoms with E-state index >= 15 is 0 Å². The van der Waals surface area contributed by atoms with E-state index in [2.05, 4.69) is 19.8 Å². The molecule has 1 aliphatic rings. The molecule has 0 aliphatic carbocycles. The molecule has 0 saturated carbocycles. The number of carbonyl (C=O) groups excluding carboxylic acids is 1. The second kappa shape index (κ2) is 7.15. The molecule has 1 N–H and O–H groups in total. The number of morpholine rings is 1. The highest BCUT2D eigenvalue weighted by atomic mass is 35.5. The fourth-order valence-corrected chi connectivity index (χ4v) is 2.86. The Hall–Kier alpha value is -1.54. The first-order chi connectivity index (χ1) is 10.7. The minimum Gasteiger partial charge on any atom is -0.379 e. The number of carbonyl (C=O) groups is 1. The zero-order chi connectivity index (χ0) is 15.4. The van der Waals surface area contributed by atoms with E-state index in [1.54, 1.807) is 6.07 Å². The number of hydrogen-bond acceptors (Lipinski definition) is 6. The van der Waals surface area contributed by atoms with Crippen LogP contribution >= 0.6 is 23.1 Å². The van der Waals surface area contributed by atoms with Gasteiger partial charge in [0.25, 0.3) is 5.91 Å². The SMILES string of the molecule is O=C(Nc1ccc(CN2CCOCC2)c(Cl)c1)c1cnns1. The molecule has 0 radical (unpaired) electrons. The maximum atomic E-state index is 11.9. The highest BCUT2D eigenvalue weighted by Gasteiger charge is 2.14. The minimum atomic E-state index is -0.230. The van der Waals surface area contributed by atoms with Crippen molar-refractivity contribution >= 4 is 34.7 Å². The van der Waals surface area contributed by atoms with Crippen LogP contribution in [0.4, 0.5) is 5.69 Å². The smallest absolute Gasteiger partial charge is 0.269 e. The van der Waals surface area contributed by atoms with Crippen LogP contribution in [0.25, 0.3) is 0 Å². The molecule has 1 aliphatic heterocycles. The van der Waals surface area contributed by atoms with Gasteiger partial charge in [-0.15, -0.1) is 5.10 Å². The maximum Gasteiger partial charge on any atom is 0.269 e. The molecule has 0 spiro atoms. The lowest BCUT2D eigenvalue weighted by atomic mass is 10.2. The number of benzene rings is 1. The number of nitrogens with zero attached hydrogens (tertiary/aromatic N) is 3. The first kappa shape index (κ1) is 15.4. The third-order valence-electron chi connectivity index (χ3n) is 3.39. The standard InChI is InChI=1S/C14H15ClN4O2S/c15-12-7-11(17-14(20)13-8-16-18-22-13)2-1-10(12)9-19-3-5-21-6-4-19/h1-2,7-8H,3-6,9H2,(H,17,20). The van der Waals surface area contributed by atoms with Crippen molar-refractivity contribution in [3.05, 3.63) is 39.9 Å². The van der Waals surface area contributed by atoms with Gasteiger partial charge in [-0.2, -0.15) is 0 Å². The summed E-state index contributed by atoms with van der Waals surface area (Å²) in [5.41, 5.74) is 1.70. The van der Waals surface area contributed by atoms with Crippen molar-refractivity contribution in [3.63, 3.8) is 0 Å². The van der Waals surface area contributed by atoms with E-state index in [0.717, 1.165) is 49.9 Å². The van der Waals surface area contributed by atoms with Gasteiger partial charge in [-0.3, -0.25) is 9.69 Å². The Morgan fingerprint density at radius 2 is 2.23 bits per heavy atom. The van der Waals surface area contributed by atoms with Crippen LogP contribution in [-0.4, -0.2) is 46.7 Å². The Morgan fingerprint density at radius 1 is 1.41 bits per heavy atom. The van der Waals surface area contributed by atoms with Gasteiger partial charge in [-0.05, 0) is 29.2 Å². The molecule has 2 heterocycles. The number of halogens is 1. The molecular formula is C14H15ClN4O2S. The molecule has 0 bridgehead atoms. The van der Waals surface area contributed by atoms with Crippen LogP contribution in [-0.2, 0) is 11.3 Å². The second-order valence-corrected chi connectivity index (χ2v) is 6.12. The summed E-state index contributed by atoms with van der Waals surface area (Å²) < 4.78 is 9.01. The summed E-state index contributed by atoms with van der Waals surface area (Å²) in [4.78, 5) is 14.7. The zero-order valence-corrected chi connectivity index (χ0v) is 13.4. The van der Waals surface area contributed by atoms with Gasteiger partial charge in [0, 0.05) is 30.3 Å². The average molecular weight is 339 g/mol. The van der Waals surface area contributed by atoms with Gasteiger partial charge in [-0.25, -0.2) is 0 Å². The van der Waals surface area contributed by atoms with Crippen molar-refractivity contribution in [1.29, 1.82) is 0 Å². The van der Waals surface area contributed by atoms with E-state index in [1.807, 2.05) is 12.1 Å². The van der Waals surface area contributed by atoms with Crippen molar-refractivity contribution in [3.8, 4) is 0 Å². The van der Waals surface area contributed by atoms with Crippen LogP contribution in [0.1, 0.15) is 15.2 Å². The van der Waals surface area contributed by atoms with Crippen LogP contribution < -0.4 is 5.32 Å². The second-order valence-electron chi connectivity index (χ2n) is 4.93. The number of hydrogen-bond donors (Lipinski definition) is 1. The van der Waals surface area contributed by atoms with Gasteiger partial charge in [0.2, 0.25) is 0 Å². The summed E-state index contributed by atoms with van der Waals surface area (Å²) in [5, 5.41) is 7.08. The van der Waals surface area contributed by atoms with E-state index in [9.17, 15) is 4.79 Å². The summed E-state index contributed by atoms with van der Waals surface area (Å²) in [6.45, 7) is 4.12. The van der Waals surface area contributed by atoms with E-state index in [1.165, 1.54) is 6.20 Å². The minimum absolute atomic E-state index is 0.230. The van der Waals surface area contributed by atoms with Crippen LogP contribution in [0, 0.1) is 0 Å². The van der Waals surface area contributed by atoms with Crippen LogP contribution in [0.15, 0.2) is 24.4 Å². The number of amides is 1. The molecule has 116 valence electrons. The highest BCUT2D eigenvalue weighted by Crippen LogP contribution is 2.23. The topological polar surface area (TPSA) is 67.4 Å². The molecule has 22 heavy (non-hydrogen) atoms. The summed E-state index contributed by atoms with van der Waals surface area (Å²) in [7, 11) is 0. The predicted molar refractivity (Wildman–Crippen MR) is 85.4 cm³/mol. The molecule has 1 aromatic heterocycles. The average Bonchev–Trinajstić information content (AvgIpc) is 3.05. The molecule has 3 rings (SSSR count). The van der Waals surface area contributed by atoms with Gasteiger partial charge in [-0.1, -0.05) is 22.2 Å². The predicted octanol–water partition coefficient (Wildman–Crippen LogP) is 2.28. The summed E-state index contributed by atoms with van der Waals surface area (Å²) in [6.07, 6.45) is 1.44. The fraction of sp³-hybridized carbons (Fsp3) is 0.357. The molecule has 1 fully saturated rings. The van der Waals surface area contributed by atoms with E-state index in [4.69, 9.17) is 16.3 Å². The number of rotatable bonds is 4. The van der Waals surface area contributed by atoms with Crippen molar-refractivity contribution in [1.82, 2.24) is 14.5 Å². The van der Waals surface area contributed by atoms with E-state index in [-0.39, 0.29) is 5.91 Å². The fourth-order valence-electron chi connectivity index (χ4n) is 2.21. The Bertz CT molecular complexity index is 644. The summed E-state index contributed by atoms with van der Waals surface area (Å²) >= 11 is 7.38. The Kier molecular flexibility index (Phi) is 4.99. The molecule has 1 amide bonds. The molecular weight excluding hydrogens is 324 g/mol. The van der Waals surface area contributed by atoms with Gasteiger partial charge in [0.05, 0.1) is 19.4 Å². The third kappa shape index (κ3) is 3.80. The molecule has 1 saturated heterocycles. The third-order valence-corrected chi connectivity index (χ3v) is 4.41. The van der Waals surface area contributed by atoms with E-state index < -0.39 is 0 Å². The quantitative estimate of drug-likeness (QED) is 0.926. The van der Waals surface area contributed by atoms with Crippen LogP contribution in [0.3, 0.4) is 0 Å². The lowest BCUT2D eigenvalue weighted by molar-refractivity contribution is 0.0342. The van der Waals surface area contributed by atoms with Crippen molar-refractivity contribution in [2.75, 3.05) is 31.6 Å². The van der Waals surface area contributed by atoms with Crippen LogP contribution in [0.2, 0.25) is 5.02 Å². The lowest BCUT2D eigenvalue weighted by Crippen LogP contribution is -2.35. The van der Waals surface area contributed by atoms with Gasteiger partial charge in [0.15, 0.2) is 0 Å². The molecule has 0 atom stereocenters. The number of ether oxygens (including phenoxy) is 1. The van der Waals surface area contributed by atoms with Gasteiger partial charge >= 0.3 is 0 Å². The highest BCUT2D eigenvalue weighted by molar-refractivity contribution is 7.07. The number of anilines is 1. The number of aromatic nitrogens is 2. The Balaban J connectivity index is 1.65. The van der Waals surface area contributed by atoms with Crippen molar-refractivity contribution in [2.24, 2.45) is 0 Å². The molecule has 0 unspecified atom stereocenters. The monoisotopic (exact) mass is 338 g/mol. The Labute approximate surface area is 137 Å². The lowest BCUT2D eigenvalue weighted by Gasteiger charge is -2.27. The molecule has 8 heteroatoms. The first-order valence-corrected chi connectivity index (χ1v) is 8.05.